The monoisotopic (exact) mass is 274 g/mol. The van der Waals surface area contributed by atoms with Crippen LogP contribution in [0.2, 0.25) is 0 Å². The van der Waals surface area contributed by atoms with Crippen LogP contribution in [-0.2, 0) is 6.54 Å². The lowest BCUT2D eigenvalue weighted by molar-refractivity contribution is 0.449. The fourth-order valence-electron chi connectivity index (χ4n) is 2.07. The van der Waals surface area contributed by atoms with Crippen molar-refractivity contribution in [1.29, 1.82) is 0 Å². The van der Waals surface area contributed by atoms with Crippen LogP contribution in [0.15, 0.2) is 18.5 Å². The quantitative estimate of drug-likeness (QED) is 0.910. The van der Waals surface area contributed by atoms with Crippen molar-refractivity contribution in [2.45, 2.75) is 40.3 Å². The van der Waals surface area contributed by atoms with E-state index in [0.29, 0.717) is 17.7 Å². The van der Waals surface area contributed by atoms with Gasteiger partial charge in [0.15, 0.2) is 5.75 Å². The summed E-state index contributed by atoms with van der Waals surface area (Å²) in [6.45, 7) is 8.94. The van der Waals surface area contributed by atoms with Crippen molar-refractivity contribution in [3.8, 4) is 11.6 Å². The van der Waals surface area contributed by atoms with E-state index in [-0.39, 0.29) is 0 Å². The van der Waals surface area contributed by atoms with Gasteiger partial charge < -0.3 is 10.1 Å². The highest BCUT2D eigenvalue weighted by atomic mass is 16.5. The normalized spacial score (nSPS) is 11.1. The van der Waals surface area contributed by atoms with E-state index in [9.17, 15) is 0 Å². The topological polar surface area (TPSA) is 52.0 Å². The molecule has 0 fully saturated rings. The minimum Gasteiger partial charge on any atom is -0.435 e. The van der Waals surface area contributed by atoms with Gasteiger partial charge in [0.25, 0.3) is 0 Å². The van der Waals surface area contributed by atoms with Crippen LogP contribution in [0, 0.1) is 13.8 Å². The highest BCUT2D eigenvalue weighted by Crippen LogP contribution is 2.26. The van der Waals surface area contributed by atoms with E-state index in [1.54, 1.807) is 6.20 Å². The third-order valence-corrected chi connectivity index (χ3v) is 3.11. The van der Waals surface area contributed by atoms with Gasteiger partial charge in [-0.25, -0.2) is 4.98 Å². The molecule has 0 aliphatic carbocycles. The fourth-order valence-corrected chi connectivity index (χ4v) is 2.07. The van der Waals surface area contributed by atoms with Gasteiger partial charge in [0.2, 0.25) is 5.88 Å². The molecule has 2 aromatic heterocycles. The number of hydrogen-bond acceptors (Lipinski definition) is 4. The number of ether oxygens (including phenoxy) is 1. The van der Waals surface area contributed by atoms with E-state index in [0.717, 1.165) is 17.8 Å². The second kappa shape index (κ2) is 6.05. The van der Waals surface area contributed by atoms with Crippen molar-refractivity contribution in [3.05, 3.63) is 35.3 Å². The number of hydrogen-bond donors (Lipinski definition) is 1. The predicted molar refractivity (Wildman–Crippen MR) is 79.2 cm³/mol. The smallest absolute Gasteiger partial charge is 0.224 e. The van der Waals surface area contributed by atoms with Crippen molar-refractivity contribution in [3.63, 3.8) is 0 Å². The Kier molecular flexibility index (Phi) is 4.39. The molecule has 0 aliphatic heterocycles. The first-order chi connectivity index (χ1) is 9.51. The minimum absolute atomic E-state index is 0.316. The summed E-state index contributed by atoms with van der Waals surface area (Å²) in [5.41, 5.74) is 3.21. The van der Waals surface area contributed by atoms with Crippen LogP contribution < -0.4 is 10.1 Å². The molecular weight excluding hydrogens is 252 g/mol. The van der Waals surface area contributed by atoms with Gasteiger partial charge in [0, 0.05) is 23.8 Å². The highest BCUT2D eigenvalue weighted by Gasteiger charge is 2.12. The summed E-state index contributed by atoms with van der Waals surface area (Å²) in [6, 6.07) is 2.38. The lowest BCUT2D eigenvalue weighted by atomic mass is 10.1. The molecule has 0 spiro atoms. The zero-order valence-corrected chi connectivity index (χ0v) is 12.8. The molecule has 2 heterocycles. The standard InChI is InChI=1S/C15H22N4O/c1-10(2)19-9-13(7-17-19)20-15-14(8-16-5)11(3)6-12(4)18-15/h6-7,9-10,16H,8H2,1-5H3. The summed E-state index contributed by atoms with van der Waals surface area (Å²) in [5.74, 6) is 1.37. The summed E-state index contributed by atoms with van der Waals surface area (Å²) in [7, 11) is 1.92. The van der Waals surface area contributed by atoms with Gasteiger partial charge in [-0.2, -0.15) is 5.10 Å². The molecule has 0 aliphatic rings. The van der Waals surface area contributed by atoms with Gasteiger partial charge in [-0.3, -0.25) is 4.68 Å². The van der Waals surface area contributed by atoms with E-state index in [2.05, 4.69) is 42.2 Å². The molecule has 0 bridgehead atoms. The maximum atomic E-state index is 5.92. The molecule has 0 saturated carbocycles. The van der Waals surface area contributed by atoms with Crippen molar-refractivity contribution in [1.82, 2.24) is 20.1 Å². The molecule has 0 unspecified atom stereocenters. The molecule has 0 aromatic carbocycles. The zero-order valence-electron chi connectivity index (χ0n) is 12.8. The van der Waals surface area contributed by atoms with E-state index < -0.39 is 0 Å². The molecular formula is C15H22N4O. The fraction of sp³-hybridized carbons (Fsp3) is 0.467. The average Bonchev–Trinajstić information content (AvgIpc) is 2.82. The van der Waals surface area contributed by atoms with Crippen LogP contribution in [0.3, 0.4) is 0 Å². The Labute approximate surface area is 120 Å². The summed E-state index contributed by atoms with van der Waals surface area (Å²) in [4.78, 5) is 4.50. The second-order valence-electron chi connectivity index (χ2n) is 5.25. The maximum absolute atomic E-state index is 5.92. The Bertz CT molecular complexity index is 590. The van der Waals surface area contributed by atoms with Crippen LogP contribution in [-0.4, -0.2) is 21.8 Å². The third kappa shape index (κ3) is 3.17. The Hall–Kier alpha value is -1.88. The van der Waals surface area contributed by atoms with E-state index in [1.165, 1.54) is 5.56 Å². The van der Waals surface area contributed by atoms with Crippen LogP contribution in [0.5, 0.6) is 11.6 Å². The molecule has 0 amide bonds. The second-order valence-corrected chi connectivity index (χ2v) is 5.25. The molecule has 2 aromatic rings. The largest absolute Gasteiger partial charge is 0.435 e. The average molecular weight is 274 g/mol. The number of aryl methyl sites for hydroxylation is 2. The Morgan fingerprint density at radius 3 is 2.70 bits per heavy atom. The molecule has 1 N–H and O–H groups in total. The summed E-state index contributed by atoms with van der Waals surface area (Å²) in [5, 5.41) is 7.43. The molecule has 108 valence electrons. The third-order valence-electron chi connectivity index (χ3n) is 3.11. The molecule has 5 heteroatoms. The molecule has 2 rings (SSSR count). The Morgan fingerprint density at radius 1 is 1.35 bits per heavy atom. The lowest BCUT2D eigenvalue weighted by Gasteiger charge is -2.12. The molecule has 0 radical (unpaired) electrons. The summed E-state index contributed by atoms with van der Waals surface area (Å²) in [6.07, 6.45) is 3.62. The van der Waals surface area contributed by atoms with Gasteiger partial charge in [0.1, 0.15) is 0 Å². The van der Waals surface area contributed by atoms with Crippen LogP contribution in [0.1, 0.15) is 36.7 Å². The van der Waals surface area contributed by atoms with Crippen LogP contribution in [0.4, 0.5) is 0 Å². The van der Waals surface area contributed by atoms with Crippen molar-refractivity contribution < 1.29 is 4.74 Å². The van der Waals surface area contributed by atoms with Gasteiger partial charge in [0.05, 0.1) is 12.4 Å². The van der Waals surface area contributed by atoms with Gasteiger partial charge in [-0.05, 0) is 46.4 Å². The maximum Gasteiger partial charge on any atom is 0.224 e. The Morgan fingerprint density at radius 2 is 2.10 bits per heavy atom. The summed E-state index contributed by atoms with van der Waals surface area (Å²) < 4.78 is 7.79. The number of rotatable bonds is 5. The number of nitrogens with one attached hydrogen (secondary N) is 1. The zero-order chi connectivity index (χ0) is 14.7. The van der Waals surface area contributed by atoms with Gasteiger partial charge in [-0.1, -0.05) is 0 Å². The number of nitrogens with zero attached hydrogens (tertiary/aromatic N) is 3. The molecule has 5 nitrogen and oxygen atoms in total. The first-order valence-electron chi connectivity index (χ1n) is 6.85. The highest BCUT2D eigenvalue weighted by molar-refractivity contribution is 5.38. The first-order valence-corrected chi connectivity index (χ1v) is 6.85. The van der Waals surface area contributed by atoms with Crippen molar-refractivity contribution >= 4 is 0 Å². The SMILES string of the molecule is CNCc1c(C)cc(C)nc1Oc1cnn(C(C)C)c1. The van der Waals surface area contributed by atoms with E-state index in [1.807, 2.05) is 24.9 Å². The van der Waals surface area contributed by atoms with Crippen molar-refractivity contribution in [2.24, 2.45) is 0 Å². The predicted octanol–water partition coefficient (Wildman–Crippen LogP) is 2.99. The minimum atomic E-state index is 0.316. The van der Waals surface area contributed by atoms with E-state index in [4.69, 9.17) is 4.74 Å². The molecule has 0 saturated heterocycles. The van der Waals surface area contributed by atoms with Gasteiger partial charge in [-0.15, -0.1) is 0 Å². The van der Waals surface area contributed by atoms with Crippen LogP contribution >= 0.6 is 0 Å². The molecule has 20 heavy (non-hydrogen) atoms. The van der Waals surface area contributed by atoms with Crippen LogP contribution in [0.25, 0.3) is 0 Å². The molecule has 0 atom stereocenters. The number of aromatic nitrogens is 3. The first kappa shape index (κ1) is 14.5. The lowest BCUT2D eigenvalue weighted by Crippen LogP contribution is -2.09. The van der Waals surface area contributed by atoms with Gasteiger partial charge >= 0.3 is 0 Å². The van der Waals surface area contributed by atoms with Crippen molar-refractivity contribution in [2.75, 3.05) is 7.05 Å². The Balaban J connectivity index is 2.31. The number of pyridine rings is 1. The van der Waals surface area contributed by atoms with E-state index >= 15 is 0 Å². The summed E-state index contributed by atoms with van der Waals surface area (Å²) >= 11 is 0.